The van der Waals surface area contributed by atoms with Gasteiger partial charge in [-0.1, -0.05) is 29.8 Å². The minimum absolute atomic E-state index is 0.272. The molecule has 0 saturated heterocycles. The maximum Gasteiger partial charge on any atom is 0.123 e. The van der Waals surface area contributed by atoms with E-state index in [0.29, 0.717) is 0 Å². The van der Waals surface area contributed by atoms with Crippen molar-refractivity contribution in [3.05, 3.63) is 28.2 Å². The molecule has 4 heteroatoms. The van der Waals surface area contributed by atoms with Crippen molar-refractivity contribution in [2.24, 2.45) is 5.41 Å². The van der Waals surface area contributed by atoms with Crippen LogP contribution in [0.5, 0.6) is 5.75 Å². The summed E-state index contributed by atoms with van der Waals surface area (Å²) in [5.74, 6) is 1.66. The Morgan fingerprint density at radius 2 is 2.11 bits per heavy atom. The molecule has 1 N–H and O–H groups in total. The van der Waals surface area contributed by atoms with Crippen molar-refractivity contribution in [2.45, 2.75) is 33.2 Å². The van der Waals surface area contributed by atoms with Gasteiger partial charge in [-0.15, -0.1) is 11.6 Å². The van der Waals surface area contributed by atoms with E-state index in [-0.39, 0.29) is 5.41 Å². The smallest absolute Gasteiger partial charge is 0.123 e. The van der Waals surface area contributed by atoms with Gasteiger partial charge in [0.1, 0.15) is 5.75 Å². The van der Waals surface area contributed by atoms with E-state index >= 15 is 0 Å². The molecule has 0 radical (unpaired) electrons. The first-order valence-electron chi connectivity index (χ1n) is 6.57. The molecular weight excluding hydrogens is 326 g/mol. The number of halogens is 2. The summed E-state index contributed by atoms with van der Waals surface area (Å²) < 4.78 is 6.45. The third-order valence-corrected chi connectivity index (χ3v) is 3.91. The topological polar surface area (TPSA) is 21.3 Å². The quantitative estimate of drug-likeness (QED) is 0.694. The van der Waals surface area contributed by atoms with Crippen LogP contribution in [0.4, 0.5) is 0 Å². The van der Waals surface area contributed by atoms with Crippen LogP contribution in [0.1, 0.15) is 32.3 Å². The number of methoxy groups -OCH3 is 1. The molecule has 0 unspecified atom stereocenters. The maximum absolute atomic E-state index is 5.75. The highest BCUT2D eigenvalue weighted by molar-refractivity contribution is 9.10. The van der Waals surface area contributed by atoms with Crippen molar-refractivity contribution in [3.63, 3.8) is 0 Å². The van der Waals surface area contributed by atoms with Gasteiger partial charge >= 0.3 is 0 Å². The van der Waals surface area contributed by atoms with Gasteiger partial charge < -0.3 is 10.1 Å². The third-order valence-electron chi connectivity index (χ3n) is 3.15. The summed E-state index contributed by atoms with van der Waals surface area (Å²) in [5, 5.41) is 3.51. The number of ether oxygens (including phenoxy) is 1. The lowest BCUT2D eigenvalue weighted by molar-refractivity contribution is 0.310. The van der Waals surface area contributed by atoms with E-state index in [2.05, 4.69) is 41.2 Å². The first-order chi connectivity index (χ1) is 8.98. The SMILES string of the molecule is COc1ccc(Br)cc1CNCC(C)(C)CCCCl. The minimum atomic E-state index is 0.272. The van der Waals surface area contributed by atoms with Gasteiger partial charge in [0.2, 0.25) is 0 Å². The summed E-state index contributed by atoms with van der Waals surface area (Å²) in [5.41, 5.74) is 1.44. The summed E-state index contributed by atoms with van der Waals surface area (Å²) in [7, 11) is 1.71. The molecule has 0 heterocycles. The second-order valence-electron chi connectivity index (χ2n) is 5.52. The highest BCUT2D eigenvalue weighted by Gasteiger charge is 2.16. The largest absolute Gasteiger partial charge is 0.496 e. The monoisotopic (exact) mass is 347 g/mol. The van der Waals surface area contributed by atoms with E-state index in [1.807, 2.05) is 12.1 Å². The molecule has 0 saturated carbocycles. The molecule has 0 fully saturated rings. The van der Waals surface area contributed by atoms with Gasteiger partial charge in [0.25, 0.3) is 0 Å². The van der Waals surface area contributed by atoms with Gasteiger partial charge in [-0.3, -0.25) is 0 Å². The van der Waals surface area contributed by atoms with E-state index in [1.165, 1.54) is 5.56 Å². The minimum Gasteiger partial charge on any atom is -0.496 e. The molecule has 0 atom stereocenters. The zero-order valence-corrected chi connectivity index (χ0v) is 14.3. The molecule has 0 aliphatic carbocycles. The van der Waals surface area contributed by atoms with Gasteiger partial charge in [-0.2, -0.15) is 0 Å². The zero-order valence-electron chi connectivity index (χ0n) is 11.9. The maximum atomic E-state index is 5.75. The van der Waals surface area contributed by atoms with Gasteiger partial charge in [0.05, 0.1) is 7.11 Å². The fraction of sp³-hybridized carbons (Fsp3) is 0.600. The molecule has 1 rings (SSSR count). The normalized spacial score (nSPS) is 11.6. The molecule has 0 spiro atoms. The van der Waals surface area contributed by atoms with Crippen molar-refractivity contribution in [2.75, 3.05) is 19.5 Å². The van der Waals surface area contributed by atoms with Crippen molar-refractivity contribution in [3.8, 4) is 5.75 Å². The molecule has 0 amide bonds. The summed E-state index contributed by atoms with van der Waals surface area (Å²) in [4.78, 5) is 0. The van der Waals surface area contributed by atoms with Crippen molar-refractivity contribution in [1.29, 1.82) is 0 Å². The van der Waals surface area contributed by atoms with Gasteiger partial charge in [0.15, 0.2) is 0 Å². The second kappa shape index (κ2) is 8.13. The summed E-state index contributed by atoms with van der Waals surface area (Å²) in [6, 6.07) is 6.07. The van der Waals surface area contributed by atoms with Crippen LogP contribution in [0.2, 0.25) is 0 Å². The summed E-state index contributed by atoms with van der Waals surface area (Å²) in [6.07, 6.45) is 2.20. The zero-order chi connectivity index (χ0) is 14.3. The molecule has 1 aromatic rings. The highest BCUT2D eigenvalue weighted by atomic mass is 79.9. The van der Waals surface area contributed by atoms with Gasteiger partial charge in [0, 0.05) is 29.0 Å². The van der Waals surface area contributed by atoms with E-state index in [1.54, 1.807) is 7.11 Å². The van der Waals surface area contributed by atoms with Crippen molar-refractivity contribution >= 4 is 27.5 Å². The lowest BCUT2D eigenvalue weighted by Crippen LogP contribution is -2.29. The molecule has 0 bridgehead atoms. The Labute approximate surface area is 130 Å². The van der Waals surface area contributed by atoms with E-state index in [4.69, 9.17) is 16.3 Å². The molecule has 0 aromatic heterocycles. The second-order valence-corrected chi connectivity index (χ2v) is 6.81. The van der Waals surface area contributed by atoms with Crippen LogP contribution in [-0.4, -0.2) is 19.5 Å². The third kappa shape index (κ3) is 6.15. The molecule has 0 aliphatic heterocycles. The van der Waals surface area contributed by atoms with Crippen LogP contribution in [0.15, 0.2) is 22.7 Å². The van der Waals surface area contributed by atoms with E-state index < -0.39 is 0 Å². The van der Waals surface area contributed by atoms with Crippen LogP contribution in [0.3, 0.4) is 0 Å². The first kappa shape index (κ1) is 16.8. The van der Waals surface area contributed by atoms with Crippen LogP contribution in [0, 0.1) is 5.41 Å². The van der Waals surface area contributed by atoms with Crippen molar-refractivity contribution in [1.82, 2.24) is 5.32 Å². The lowest BCUT2D eigenvalue weighted by Gasteiger charge is -2.25. The Morgan fingerprint density at radius 3 is 2.74 bits per heavy atom. The van der Waals surface area contributed by atoms with Crippen LogP contribution < -0.4 is 10.1 Å². The van der Waals surface area contributed by atoms with E-state index in [0.717, 1.165) is 42.0 Å². The number of alkyl halides is 1. The molecular formula is C15H23BrClNO. The summed E-state index contributed by atoms with van der Waals surface area (Å²) in [6.45, 7) is 6.32. The number of hydrogen-bond donors (Lipinski definition) is 1. The fourth-order valence-electron chi connectivity index (χ4n) is 2.05. The molecule has 1 aromatic carbocycles. The predicted molar refractivity (Wildman–Crippen MR) is 86.1 cm³/mol. The van der Waals surface area contributed by atoms with Crippen LogP contribution >= 0.6 is 27.5 Å². The number of rotatable bonds is 8. The highest BCUT2D eigenvalue weighted by Crippen LogP contribution is 2.24. The Balaban J connectivity index is 2.50. The Hall–Kier alpha value is -0.250. The van der Waals surface area contributed by atoms with Crippen molar-refractivity contribution < 1.29 is 4.74 Å². The Bertz CT molecular complexity index is 396. The predicted octanol–water partition coefficient (Wildman–Crippen LogP) is 4.59. The summed E-state index contributed by atoms with van der Waals surface area (Å²) >= 11 is 9.25. The number of hydrogen-bond acceptors (Lipinski definition) is 2. The number of benzene rings is 1. The first-order valence-corrected chi connectivity index (χ1v) is 7.90. The standard InChI is InChI=1S/C15H23BrClNO/c1-15(2,7-4-8-17)11-18-10-12-9-13(16)5-6-14(12)19-3/h5-6,9,18H,4,7-8,10-11H2,1-3H3. The average molecular weight is 349 g/mol. The van der Waals surface area contributed by atoms with E-state index in [9.17, 15) is 0 Å². The lowest BCUT2D eigenvalue weighted by atomic mass is 9.88. The Morgan fingerprint density at radius 1 is 1.37 bits per heavy atom. The van der Waals surface area contributed by atoms with Crippen LogP contribution in [-0.2, 0) is 6.54 Å². The van der Waals surface area contributed by atoms with Crippen LogP contribution in [0.25, 0.3) is 0 Å². The number of nitrogens with one attached hydrogen (secondary N) is 1. The molecule has 19 heavy (non-hydrogen) atoms. The average Bonchev–Trinajstić information content (AvgIpc) is 2.36. The molecule has 2 nitrogen and oxygen atoms in total. The van der Waals surface area contributed by atoms with Gasteiger partial charge in [-0.05, 0) is 36.5 Å². The van der Waals surface area contributed by atoms with Gasteiger partial charge in [-0.25, -0.2) is 0 Å². The fourth-order valence-corrected chi connectivity index (χ4v) is 2.60. The molecule has 0 aliphatic rings. The Kier molecular flexibility index (Phi) is 7.19. The molecule has 108 valence electrons.